The van der Waals surface area contributed by atoms with E-state index in [0.29, 0.717) is 17.9 Å². The molecule has 29 heavy (non-hydrogen) atoms. The lowest BCUT2D eigenvalue weighted by Crippen LogP contribution is -2.44. The number of amides is 2. The molecule has 1 atom stereocenters. The Morgan fingerprint density at radius 2 is 1.86 bits per heavy atom. The average molecular weight is 424 g/mol. The van der Waals surface area contributed by atoms with Crippen molar-refractivity contribution in [2.45, 2.75) is 38.1 Å². The van der Waals surface area contributed by atoms with Gasteiger partial charge in [-0.25, -0.2) is 18.0 Å². The second-order valence-electron chi connectivity index (χ2n) is 6.76. The van der Waals surface area contributed by atoms with Crippen LogP contribution in [-0.4, -0.2) is 38.7 Å². The molecule has 0 bridgehead atoms. The lowest BCUT2D eigenvalue weighted by Gasteiger charge is -2.18. The molecule has 0 aliphatic carbocycles. The van der Waals surface area contributed by atoms with E-state index in [4.69, 9.17) is 9.26 Å². The van der Waals surface area contributed by atoms with Gasteiger partial charge in [0.1, 0.15) is 11.8 Å². The fraction of sp³-hybridized carbons (Fsp3) is 0.389. The molecule has 2 rings (SSSR count). The third-order valence-electron chi connectivity index (χ3n) is 3.79. The number of hydrogen-bond acceptors (Lipinski definition) is 7. The number of urea groups is 1. The van der Waals surface area contributed by atoms with E-state index in [1.165, 1.54) is 37.4 Å². The number of sulfonamides is 1. The van der Waals surface area contributed by atoms with Gasteiger partial charge in [0.05, 0.1) is 12.0 Å². The van der Waals surface area contributed by atoms with Crippen molar-refractivity contribution in [3.05, 3.63) is 36.1 Å². The van der Waals surface area contributed by atoms with Gasteiger partial charge in [0.25, 0.3) is 10.0 Å². The summed E-state index contributed by atoms with van der Waals surface area (Å²) >= 11 is 0. The summed E-state index contributed by atoms with van der Waals surface area (Å²) in [5, 5.41) is 8.69. The third kappa shape index (κ3) is 6.49. The van der Waals surface area contributed by atoms with E-state index in [0.717, 1.165) is 0 Å². The quantitative estimate of drug-likeness (QED) is 0.553. The molecule has 0 aliphatic rings. The van der Waals surface area contributed by atoms with E-state index in [1.807, 2.05) is 13.8 Å². The molecule has 10 nitrogen and oxygen atoms in total. The standard InChI is InChI=1S/C18H24N4O6S/c1-11(2)9-15(17(23)27-4)20-18(24)19-13-5-7-14(8-6-13)29(25,26)22-16-10-12(3)28-21-16/h5-8,10-11,15H,9H2,1-4H3,(H,21,22)(H2,19,20,24). The maximum atomic E-state index is 12.4. The molecule has 0 aliphatic heterocycles. The zero-order valence-electron chi connectivity index (χ0n) is 16.6. The SMILES string of the molecule is COC(=O)C(CC(C)C)NC(=O)Nc1ccc(S(=O)(=O)Nc2cc(C)on2)cc1. The Labute approximate surface area is 169 Å². The summed E-state index contributed by atoms with van der Waals surface area (Å²) in [5.74, 6) is 0.174. The minimum atomic E-state index is -3.85. The fourth-order valence-electron chi connectivity index (χ4n) is 2.48. The first-order valence-corrected chi connectivity index (χ1v) is 10.3. The molecule has 0 radical (unpaired) electrons. The molecule has 158 valence electrons. The van der Waals surface area contributed by atoms with E-state index < -0.39 is 28.1 Å². The van der Waals surface area contributed by atoms with Crippen molar-refractivity contribution in [1.29, 1.82) is 0 Å². The summed E-state index contributed by atoms with van der Waals surface area (Å²) in [6.45, 7) is 5.48. The topological polar surface area (TPSA) is 140 Å². The Hall–Kier alpha value is -3.08. The van der Waals surface area contributed by atoms with Crippen molar-refractivity contribution in [1.82, 2.24) is 10.5 Å². The van der Waals surface area contributed by atoms with Gasteiger partial charge >= 0.3 is 12.0 Å². The van der Waals surface area contributed by atoms with Gasteiger partial charge in [0.15, 0.2) is 5.82 Å². The number of rotatable bonds is 8. The van der Waals surface area contributed by atoms with Crippen molar-refractivity contribution in [3.8, 4) is 0 Å². The summed E-state index contributed by atoms with van der Waals surface area (Å²) < 4.78 is 36.5. The second-order valence-corrected chi connectivity index (χ2v) is 8.44. The van der Waals surface area contributed by atoms with Gasteiger partial charge in [-0.3, -0.25) is 4.72 Å². The minimum absolute atomic E-state index is 0.0173. The zero-order valence-corrected chi connectivity index (χ0v) is 17.4. The molecule has 1 heterocycles. The lowest BCUT2D eigenvalue weighted by atomic mass is 10.0. The number of esters is 1. The molecule has 1 unspecified atom stereocenters. The first kappa shape index (κ1) is 22.2. The number of carbonyl (C=O) groups is 2. The number of aromatic nitrogens is 1. The van der Waals surface area contributed by atoms with E-state index in [-0.39, 0.29) is 16.6 Å². The van der Waals surface area contributed by atoms with Crippen molar-refractivity contribution in [2.75, 3.05) is 17.1 Å². The summed E-state index contributed by atoms with van der Waals surface area (Å²) in [5.41, 5.74) is 0.354. The van der Waals surface area contributed by atoms with Gasteiger partial charge in [-0.2, -0.15) is 0 Å². The number of anilines is 2. The molecule has 0 fully saturated rings. The monoisotopic (exact) mass is 424 g/mol. The number of nitrogens with one attached hydrogen (secondary N) is 3. The first-order valence-electron chi connectivity index (χ1n) is 8.82. The van der Waals surface area contributed by atoms with Crippen LogP contribution >= 0.6 is 0 Å². The van der Waals surface area contributed by atoms with Crippen molar-refractivity contribution >= 4 is 33.5 Å². The van der Waals surface area contributed by atoms with Crippen LogP contribution in [-0.2, 0) is 19.6 Å². The van der Waals surface area contributed by atoms with Crippen molar-refractivity contribution < 1.29 is 27.3 Å². The van der Waals surface area contributed by atoms with Gasteiger partial charge in [-0.15, -0.1) is 0 Å². The largest absolute Gasteiger partial charge is 0.467 e. The van der Waals surface area contributed by atoms with Crippen LogP contribution in [0.1, 0.15) is 26.0 Å². The van der Waals surface area contributed by atoms with Crippen molar-refractivity contribution in [3.63, 3.8) is 0 Å². The van der Waals surface area contributed by atoms with Crippen LogP contribution in [0.4, 0.5) is 16.3 Å². The van der Waals surface area contributed by atoms with Crippen LogP contribution < -0.4 is 15.4 Å². The second kappa shape index (κ2) is 9.41. The molecule has 11 heteroatoms. The van der Waals surface area contributed by atoms with Gasteiger partial charge < -0.3 is 19.9 Å². The molecule has 0 saturated heterocycles. The summed E-state index contributed by atoms with van der Waals surface area (Å²) in [6.07, 6.45) is 0.421. The number of aryl methyl sites for hydroxylation is 1. The maximum absolute atomic E-state index is 12.4. The highest BCUT2D eigenvalue weighted by molar-refractivity contribution is 7.92. The summed E-state index contributed by atoms with van der Waals surface area (Å²) in [6, 6.07) is 5.58. The molecule has 0 saturated carbocycles. The van der Waals surface area contributed by atoms with Crippen LogP contribution in [0.3, 0.4) is 0 Å². The number of nitrogens with zero attached hydrogens (tertiary/aromatic N) is 1. The summed E-state index contributed by atoms with van der Waals surface area (Å²) in [7, 11) is -2.60. The van der Waals surface area contributed by atoms with Gasteiger partial charge in [-0.1, -0.05) is 19.0 Å². The Morgan fingerprint density at radius 3 is 2.38 bits per heavy atom. The Bertz CT molecular complexity index is 953. The predicted octanol–water partition coefficient (Wildman–Crippen LogP) is 2.49. The normalized spacial score (nSPS) is 12.3. The number of methoxy groups -OCH3 is 1. The van der Waals surface area contributed by atoms with Crippen molar-refractivity contribution in [2.24, 2.45) is 5.92 Å². The molecule has 2 aromatic rings. The van der Waals surface area contributed by atoms with E-state index in [9.17, 15) is 18.0 Å². The molecule has 1 aromatic heterocycles. The van der Waals surface area contributed by atoms with Gasteiger partial charge in [-0.05, 0) is 43.5 Å². The predicted molar refractivity (Wildman–Crippen MR) is 106 cm³/mol. The maximum Gasteiger partial charge on any atom is 0.328 e. The number of benzene rings is 1. The highest BCUT2D eigenvalue weighted by atomic mass is 32.2. The summed E-state index contributed by atoms with van der Waals surface area (Å²) in [4.78, 5) is 23.9. The average Bonchev–Trinajstić information content (AvgIpc) is 3.04. The minimum Gasteiger partial charge on any atom is -0.467 e. The number of ether oxygens (including phenoxy) is 1. The smallest absolute Gasteiger partial charge is 0.328 e. The van der Waals surface area contributed by atoms with Gasteiger partial charge in [0, 0.05) is 11.8 Å². The Balaban J connectivity index is 2.02. The van der Waals surface area contributed by atoms with E-state index in [2.05, 4.69) is 20.5 Å². The lowest BCUT2D eigenvalue weighted by molar-refractivity contribution is -0.143. The van der Waals surface area contributed by atoms with E-state index in [1.54, 1.807) is 6.92 Å². The van der Waals surface area contributed by atoms with Crippen LogP contribution in [0.5, 0.6) is 0 Å². The number of hydrogen-bond donors (Lipinski definition) is 3. The highest BCUT2D eigenvalue weighted by Crippen LogP contribution is 2.18. The molecule has 2 amide bonds. The fourth-order valence-corrected chi connectivity index (χ4v) is 3.47. The Kier molecular flexibility index (Phi) is 7.21. The molecular formula is C18H24N4O6S. The van der Waals surface area contributed by atoms with Crippen LogP contribution in [0, 0.1) is 12.8 Å². The molecular weight excluding hydrogens is 400 g/mol. The molecule has 1 aromatic carbocycles. The zero-order chi connectivity index (χ0) is 21.6. The van der Waals surface area contributed by atoms with Crippen LogP contribution in [0.2, 0.25) is 0 Å². The Morgan fingerprint density at radius 1 is 1.21 bits per heavy atom. The highest BCUT2D eigenvalue weighted by Gasteiger charge is 2.23. The number of carbonyl (C=O) groups excluding carboxylic acids is 2. The van der Waals surface area contributed by atoms with E-state index >= 15 is 0 Å². The molecule has 3 N–H and O–H groups in total. The van der Waals surface area contributed by atoms with Crippen LogP contribution in [0.15, 0.2) is 39.8 Å². The van der Waals surface area contributed by atoms with Crippen LogP contribution in [0.25, 0.3) is 0 Å². The van der Waals surface area contributed by atoms with Gasteiger partial charge in [0.2, 0.25) is 0 Å². The molecule has 0 spiro atoms. The first-order chi connectivity index (χ1) is 13.6. The third-order valence-corrected chi connectivity index (χ3v) is 5.16.